The van der Waals surface area contributed by atoms with Gasteiger partial charge in [0, 0.05) is 31.1 Å². The summed E-state index contributed by atoms with van der Waals surface area (Å²) in [5, 5.41) is 21.7. The maximum atomic E-state index is 14.5. The molecule has 27 heavy (non-hydrogen) atoms. The molecule has 0 saturated heterocycles. The summed E-state index contributed by atoms with van der Waals surface area (Å²) in [6, 6.07) is 5.77. The van der Waals surface area contributed by atoms with E-state index in [2.05, 4.69) is 39.9 Å². The van der Waals surface area contributed by atoms with E-state index < -0.39 is 5.82 Å². The Kier molecular flexibility index (Phi) is 3.49. The van der Waals surface area contributed by atoms with E-state index in [0.29, 0.717) is 23.7 Å². The van der Waals surface area contributed by atoms with Crippen LogP contribution in [0.3, 0.4) is 0 Å². The molecule has 138 valence electrons. The van der Waals surface area contributed by atoms with Crippen LogP contribution in [0.4, 0.5) is 10.1 Å². The zero-order valence-electron chi connectivity index (χ0n) is 15.3. The van der Waals surface area contributed by atoms with Crippen LogP contribution >= 0.6 is 0 Å². The van der Waals surface area contributed by atoms with E-state index in [-0.39, 0.29) is 6.04 Å². The van der Waals surface area contributed by atoms with Gasteiger partial charge in [-0.05, 0) is 19.1 Å². The number of hydrogen-bond acceptors (Lipinski definition) is 5. The minimum atomic E-state index is -0.411. The molecule has 2 atom stereocenters. The Morgan fingerprint density at radius 3 is 3.00 bits per heavy atom. The Bertz CT molecular complexity index is 1090. The number of nitriles is 1. The molecule has 2 aliphatic rings. The number of halogens is 1. The number of rotatable bonds is 1. The first-order chi connectivity index (χ1) is 13.1. The highest BCUT2D eigenvalue weighted by Gasteiger charge is 2.32. The van der Waals surface area contributed by atoms with E-state index in [1.54, 1.807) is 6.07 Å². The number of nitrogens with zero attached hydrogens (tertiary/aromatic N) is 6. The third-order valence-electron chi connectivity index (χ3n) is 5.66. The number of anilines is 1. The summed E-state index contributed by atoms with van der Waals surface area (Å²) in [6.45, 7) is 7.48. The highest BCUT2D eigenvalue weighted by molar-refractivity contribution is 5.75. The fraction of sp³-hybridized carbons (Fsp3) is 0.421. The van der Waals surface area contributed by atoms with Crippen LogP contribution in [0.1, 0.15) is 48.5 Å². The number of nitrogens with one attached hydrogen (secondary N) is 1. The van der Waals surface area contributed by atoms with Gasteiger partial charge in [0.05, 0.1) is 35.9 Å². The second kappa shape index (κ2) is 5.79. The lowest BCUT2D eigenvalue weighted by Gasteiger charge is -2.34. The predicted molar refractivity (Wildman–Crippen MR) is 98.0 cm³/mol. The van der Waals surface area contributed by atoms with Gasteiger partial charge in [-0.25, -0.2) is 8.91 Å². The first kappa shape index (κ1) is 16.3. The van der Waals surface area contributed by atoms with E-state index in [1.165, 1.54) is 27.7 Å². The van der Waals surface area contributed by atoms with Crippen molar-refractivity contribution in [2.24, 2.45) is 0 Å². The minimum absolute atomic E-state index is 0.174. The van der Waals surface area contributed by atoms with Crippen molar-refractivity contribution in [1.29, 1.82) is 5.26 Å². The second-order valence-electron chi connectivity index (χ2n) is 7.49. The van der Waals surface area contributed by atoms with Crippen LogP contribution in [0.15, 0.2) is 18.3 Å². The first-order valence-corrected chi connectivity index (χ1v) is 9.20. The molecule has 5 rings (SSSR count). The van der Waals surface area contributed by atoms with E-state index >= 15 is 0 Å². The molecule has 0 saturated carbocycles. The largest absolute Gasteiger partial charge is 0.362 e. The molecule has 0 fully saturated rings. The molecule has 7 nitrogen and oxygen atoms in total. The summed E-state index contributed by atoms with van der Waals surface area (Å²) >= 11 is 0. The van der Waals surface area contributed by atoms with Crippen LogP contribution in [0.25, 0.3) is 5.52 Å². The summed E-state index contributed by atoms with van der Waals surface area (Å²) in [7, 11) is 0. The number of fused-ring (bicyclic) bond motifs is 4. The van der Waals surface area contributed by atoms with Gasteiger partial charge in [-0.15, -0.1) is 0 Å². The number of hydrogen-bond donors (Lipinski definition) is 1. The average Bonchev–Trinajstić information content (AvgIpc) is 3.24. The van der Waals surface area contributed by atoms with E-state index in [9.17, 15) is 9.65 Å². The van der Waals surface area contributed by atoms with Crippen molar-refractivity contribution in [2.45, 2.75) is 38.9 Å². The molecule has 3 aromatic rings. The molecule has 0 amide bonds. The van der Waals surface area contributed by atoms with Gasteiger partial charge in [-0.3, -0.25) is 4.68 Å². The molecule has 0 radical (unpaired) electrons. The summed E-state index contributed by atoms with van der Waals surface area (Å²) in [5.41, 5.74) is 5.07. The Labute approximate surface area is 156 Å². The lowest BCUT2D eigenvalue weighted by molar-refractivity contribution is 0.422. The SMILES string of the molecule is CC1CNCc2c1nn1c2CN(c2ccc(C#N)n3ncc(F)c23)C[C@H]1C. The molecule has 1 N–H and O–H groups in total. The smallest absolute Gasteiger partial charge is 0.171 e. The molecule has 5 heterocycles. The standard InChI is InChI=1S/C19H20FN7/c1-11-6-22-7-14-17-10-25(9-12(2)26(17)24-18(11)14)16-4-3-13(5-21)27-19(16)15(20)8-23-27/h3-4,8,11-12,22H,6-7,9-10H2,1-2H3/t11?,12-/m1/s1. The molecule has 8 heteroatoms. The van der Waals surface area contributed by atoms with Crippen molar-refractivity contribution >= 4 is 11.2 Å². The molecule has 0 spiro atoms. The summed E-state index contributed by atoms with van der Waals surface area (Å²) in [6.07, 6.45) is 1.17. The Balaban J connectivity index is 1.63. The Morgan fingerprint density at radius 2 is 2.19 bits per heavy atom. The van der Waals surface area contributed by atoms with Crippen molar-refractivity contribution < 1.29 is 4.39 Å². The molecule has 3 aromatic heterocycles. The van der Waals surface area contributed by atoms with E-state index in [4.69, 9.17) is 5.10 Å². The quantitative estimate of drug-likeness (QED) is 0.716. The molecular formula is C19H20FN7. The number of pyridine rings is 1. The van der Waals surface area contributed by atoms with Crippen LogP contribution in [-0.2, 0) is 13.1 Å². The van der Waals surface area contributed by atoms with Gasteiger partial charge in [0.1, 0.15) is 17.3 Å². The summed E-state index contributed by atoms with van der Waals surface area (Å²) < 4.78 is 18.0. The number of aromatic nitrogens is 4. The maximum absolute atomic E-state index is 14.5. The summed E-state index contributed by atoms with van der Waals surface area (Å²) in [5.74, 6) is -0.0208. The molecular weight excluding hydrogens is 345 g/mol. The zero-order chi connectivity index (χ0) is 18.7. The van der Waals surface area contributed by atoms with E-state index in [0.717, 1.165) is 25.3 Å². The van der Waals surface area contributed by atoms with Gasteiger partial charge in [0.15, 0.2) is 5.82 Å². The topological polar surface area (TPSA) is 74.2 Å². The zero-order valence-corrected chi connectivity index (χ0v) is 15.3. The third kappa shape index (κ3) is 2.28. The lowest BCUT2D eigenvalue weighted by atomic mass is 9.97. The van der Waals surface area contributed by atoms with E-state index in [1.807, 2.05) is 6.07 Å². The molecule has 0 aromatic carbocycles. The van der Waals surface area contributed by atoms with Gasteiger partial charge in [0.25, 0.3) is 0 Å². The van der Waals surface area contributed by atoms with Crippen LogP contribution in [0.5, 0.6) is 0 Å². The highest BCUT2D eigenvalue weighted by Crippen LogP contribution is 2.35. The first-order valence-electron chi connectivity index (χ1n) is 9.20. The normalized spacial score (nSPS) is 21.8. The fourth-order valence-corrected chi connectivity index (χ4v) is 4.37. The predicted octanol–water partition coefficient (Wildman–Crippen LogP) is 2.33. The second-order valence-corrected chi connectivity index (χ2v) is 7.49. The van der Waals surface area contributed by atoms with Gasteiger partial charge >= 0.3 is 0 Å². The van der Waals surface area contributed by atoms with Crippen molar-refractivity contribution in [2.75, 3.05) is 18.0 Å². The Morgan fingerprint density at radius 1 is 1.33 bits per heavy atom. The maximum Gasteiger partial charge on any atom is 0.171 e. The molecule has 0 aliphatic carbocycles. The van der Waals surface area contributed by atoms with Crippen molar-refractivity contribution in [1.82, 2.24) is 24.7 Å². The summed E-state index contributed by atoms with van der Waals surface area (Å²) in [4.78, 5) is 2.17. The van der Waals surface area contributed by atoms with Crippen LogP contribution < -0.4 is 10.2 Å². The van der Waals surface area contributed by atoms with Gasteiger partial charge in [-0.1, -0.05) is 6.92 Å². The van der Waals surface area contributed by atoms with Crippen LogP contribution in [-0.4, -0.2) is 32.5 Å². The van der Waals surface area contributed by atoms with Crippen molar-refractivity contribution in [3.63, 3.8) is 0 Å². The van der Waals surface area contributed by atoms with Crippen LogP contribution in [0.2, 0.25) is 0 Å². The van der Waals surface area contributed by atoms with Gasteiger partial charge in [0.2, 0.25) is 0 Å². The molecule has 1 unspecified atom stereocenters. The van der Waals surface area contributed by atoms with Gasteiger partial charge in [-0.2, -0.15) is 15.5 Å². The highest BCUT2D eigenvalue weighted by atomic mass is 19.1. The average molecular weight is 365 g/mol. The minimum Gasteiger partial charge on any atom is -0.362 e. The van der Waals surface area contributed by atoms with Crippen molar-refractivity contribution in [3.8, 4) is 6.07 Å². The monoisotopic (exact) mass is 365 g/mol. The fourth-order valence-electron chi connectivity index (χ4n) is 4.37. The van der Waals surface area contributed by atoms with Gasteiger partial charge < -0.3 is 10.2 Å². The molecule has 2 aliphatic heterocycles. The van der Waals surface area contributed by atoms with Crippen molar-refractivity contribution in [3.05, 3.63) is 46.8 Å². The third-order valence-corrected chi connectivity index (χ3v) is 5.66. The lowest BCUT2D eigenvalue weighted by Crippen LogP contribution is -2.37. The molecule has 0 bridgehead atoms. The van der Waals surface area contributed by atoms with Crippen LogP contribution in [0, 0.1) is 17.1 Å². The Hall–Kier alpha value is -2.92.